The van der Waals surface area contributed by atoms with E-state index in [1.165, 1.54) is 12.1 Å². The summed E-state index contributed by atoms with van der Waals surface area (Å²) in [6, 6.07) is 15.9. The number of rotatable bonds is 4. The van der Waals surface area contributed by atoms with Crippen LogP contribution in [0.15, 0.2) is 65.8 Å². The highest BCUT2D eigenvalue weighted by atomic mass is 32.2. The Hall–Kier alpha value is -2.27. The maximum atomic E-state index is 12.9. The quantitative estimate of drug-likeness (QED) is 0.683. The van der Waals surface area contributed by atoms with E-state index in [9.17, 15) is 4.39 Å². The van der Waals surface area contributed by atoms with Crippen molar-refractivity contribution in [2.24, 2.45) is 0 Å². The minimum Gasteiger partial charge on any atom is -0.260 e. The van der Waals surface area contributed by atoms with E-state index in [1.807, 2.05) is 30.3 Å². The summed E-state index contributed by atoms with van der Waals surface area (Å²) < 4.78 is 12.9. The van der Waals surface area contributed by atoms with Gasteiger partial charge in [-0.2, -0.15) is 0 Å². The number of halogens is 1. The summed E-state index contributed by atoms with van der Waals surface area (Å²) >= 11 is 1.58. The second kappa shape index (κ2) is 6.45. The number of pyridine rings is 1. The normalized spacial score (nSPS) is 10.5. The van der Waals surface area contributed by atoms with Crippen LogP contribution in [0.2, 0.25) is 0 Å². The minimum absolute atomic E-state index is 0.255. The van der Waals surface area contributed by atoms with Crippen LogP contribution >= 0.6 is 11.8 Å². The van der Waals surface area contributed by atoms with Crippen LogP contribution in [0.3, 0.4) is 0 Å². The van der Waals surface area contributed by atoms with Crippen LogP contribution < -0.4 is 0 Å². The molecule has 0 aliphatic heterocycles. The lowest BCUT2D eigenvalue weighted by Crippen LogP contribution is -1.91. The molecule has 0 N–H and O–H groups in total. The van der Waals surface area contributed by atoms with Crippen LogP contribution in [-0.2, 0) is 5.75 Å². The highest BCUT2D eigenvalue weighted by Crippen LogP contribution is 2.22. The van der Waals surface area contributed by atoms with Crippen molar-refractivity contribution < 1.29 is 4.39 Å². The van der Waals surface area contributed by atoms with Gasteiger partial charge in [0.15, 0.2) is 0 Å². The first-order valence-electron chi connectivity index (χ1n) is 6.44. The minimum atomic E-state index is -0.255. The molecule has 0 saturated carbocycles. The van der Waals surface area contributed by atoms with Crippen LogP contribution in [0.1, 0.15) is 5.69 Å². The highest BCUT2D eigenvalue weighted by molar-refractivity contribution is 7.98. The summed E-state index contributed by atoms with van der Waals surface area (Å²) in [4.78, 5) is 4.26. The summed E-state index contributed by atoms with van der Waals surface area (Å²) in [6.07, 6.45) is 1.78. The predicted octanol–water partition coefficient (Wildman–Crippen LogP) is 3.97. The lowest BCUT2D eigenvalue weighted by atomic mass is 10.1. The Bertz CT molecular complexity index is 700. The van der Waals surface area contributed by atoms with Gasteiger partial charge in [0.1, 0.15) is 10.8 Å². The molecular weight excluding hydrogens is 285 g/mol. The average molecular weight is 297 g/mol. The van der Waals surface area contributed by atoms with Gasteiger partial charge in [-0.3, -0.25) is 4.98 Å². The van der Waals surface area contributed by atoms with E-state index in [0.29, 0.717) is 0 Å². The summed E-state index contributed by atoms with van der Waals surface area (Å²) in [5.41, 5.74) is 2.59. The molecule has 0 amide bonds. The molecule has 2 aromatic heterocycles. The van der Waals surface area contributed by atoms with Crippen LogP contribution in [0.25, 0.3) is 11.3 Å². The van der Waals surface area contributed by atoms with Gasteiger partial charge in [0.25, 0.3) is 0 Å². The number of benzene rings is 1. The molecule has 3 aromatic rings. The third-order valence-electron chi connectivity index (χ3n) is 2.87. The van der Waals surface area contributed by atoms with Gasteiger partial charge in [-0.15, -0.1) is 10.2 Å². The molecule has 0 bridgehead atoms. The number of hydrogen-bond acceptors (Lipinski definition) is 4. The van der Waals surface area contributed by atoms with E-state index in [2.05, 4.69) is 15.2 Å². The molecule has 3 rings (SSSR count). The molecule has 2 heterocycles. The standard InChI is InChI=1S/C16H12FN3S/c17-13-6-4-12(5-7-13)15-8-9-16(20-19-15)21-11-14-3-1-2-10-18-14/h1-10H,11H2. The number of thioether (sulfide) groups is 1. The maximum absolute atomic E-state index is 12.9. The predicted molar refractivity (Wildman–Crippen MR) is 81.2 cm³/mol. The average Bonchev–Trinajstić information content (AvgIpc) is 2.55. The Balaban J connectivity index is 1.68. The van der Waals surface area contributed by atoms with Gasteiger partial charge < -0.3 is 0 Å². The third-order valence-corrected chi connectivity index (χ3v) is 3.83. The van der Waals surface area contributed by atoms with Gasteiger partial charge >= 0.3 is 0 Å². The van der Waals surface area contributed by atoms with Gasteiger partial charge in [-0.05, 0) is 48.5 Å². The zero-order chi connectivity index (χ0) is 14.5. The Kier molecular flexibility index (Phi) is 4.21. The summed E-state index contributed by atoms with van der Waals surface area (Å²) in [5.74, 6) is 0.500. The maximum Gasteiger partial charge on any atom is 0.123 e. The van der Waals surface area contributed by atoms with Crippen LogP contribution in [0.5, 0.6) is 0 Å². The Morgan fingerprint density at radius 2 is 1.76 bits per heavy atom. The fraction of sp³-hybridized carbons (Fsp3) is 0.0625. The molecule has 3 nitrogen and oxygen atoms in total. The number of hydrogen-bond donors (Lipinski definition) is 0. The lowest BCUT2D eigenvalue weighted by Gasteiger charge is -2.02. The number of nitrogens with zero attached hydrogens (tertiary/aromatic N) is 3. The molecule has 5 heteroatoms. The van der Waals surface area contributed by atoms with Gasteiger partial charge in [-0.25, -0.2) is 4.39 Å². The van der Waals surface area contributed by atoms with Crippen molar-refractivity contribution in [3.63, 3.8) is 0 Å². The number of aromatic nitrogens is 3. The molecule has 0 aliphatic carbocycles. The lowest BCUT2D eigenvalue weighted by molar-refractivity contribution is 0.628. The van der Waals surface area contributed by atoms with E-state index in [1.54, 1.807) is 30.1 Å². The Morgan fingerprint density at radius 1 is 0.905 bits per heavy atom. The highest BCUT2D eigenvalue weighted by Gasteiger charge is 2.03. The molecule has 0 radical (unpaired) electrons. The first-order valence-corrected chi connectivity index (χ1v) is 7.42. The van der Waals surface area contributed by atoms with E-state index < -0.39 is 0 Å². The van der Waals surface area contributed by atoms with Gasteiger partial charge in [0.2, 0.25) is 0 Å². The molecule has 0 unspecified atom stereocenters. The third kappa shape index (κ3) is 3.64. The summed E-state index contributed by atoms with van der Waals surface area (Å²) in [7, 11) is 0. The molecular formula is C16H12FN3S. The van der Waals surface area contributed by atoms with Crippen molar-refractivity contribution in [3.05, 3.63) is 72.3 Å². The monoisotopic (exact) mass is 297 g/mol. The van der Waals surface area contributed by atoms with Crippen molar-refractivity contribution in [2.45, 2.75) is 10.8 Å². The van der Waals surface area contributed by atoms with Crippen molar-refractivity contribution in [2.75, 3.05) is 0 Å². The molecule has 1 aromatic carbocycles. The smallest absolute Gasteiger partial charge is 0.123 e. The fourth-order valence-electron chi connectivity index (χ4n) is 1.80. The van der Waals surface area contributed by atoms with Crippen molar-refractivity contribution in [1.82, 2.24) is 15.2 Å². The van der Waals surface area contributed by atoms with Crippen LogP contribution in [0, 0.1) is 5.82 Å². The first-order chi connectivity index (χ1) is 10.3. The molecule has 0 aliphatic rings. The van der Waals surface area contributed by atoms with E-state index in [-0.39, 0.29) is 5.82 Å². The van der Waals surface area contributed by atoms with Crippen molar-refractivity contribution in [3.8, 4) is 11.3 Å². The second-order valence-corrected chi connectivity index (χ2v) is 5.37. The SMILES string of the molecule is Fc1ccc(-c2ccc(SCc3ccccn3)nn2)cc1. The van der Waals surface area contributed by atoms with Crippen molar-refractivity contribution in [1.29, 1.82) is 0 Å². The topological polar surface area (TPSA) is 38.7 Å². The summed E-state index contributed by atoms with van der Waals surface area (Å²) in [6.45, 7) is 0. The van der Waals surface area contributed by atoms with E-state index in [0.717, 1.165) is 27.7 Å². The van der Waals surface area contributed by atoms with Crippen LogP contribution in [-0.4, -0.2) is 15.2 Å². The van der Waals surface area contributed by atoms with E-state index >= 15 is 0 Å². The zero-order valence-corrected chi connectivity index (χ0v) is 11.9. The van der Waals surface area contributed by atoms with Gasteiger partial charge in [0.05, 0.1) is 11.4 Å². The zero-order valence-electron chi connectivity index (χ0n) is 11.1. The molecule has 21 heavy (non-hydrogen) atoms. The van der Waals surface area contributed by atoms with Gasteiger partial charge in [-0.1, -0.05) is 17.8 Å². The molecule has 104 valence electrons. The van der Waals surface area contributed by atoms with Crippen LogP contribution in [0.4, 0.5) is 4.39 Å². The molecule has 0 fully saturated rings. The van der Waals surface area contributed by atoms with Crippen molar-refractivity contribution >= 4 is 11.8 Å². The molecule has 0 atom stereocenters. The first kappa shape index (κ1) is 13.7. The fourth-order valence-corrected chi connectivity index (χ4v) is 2.53. The Labute approximate surface area is 126 Å². The molecule has 0 saturated heterocycles. The largest absolute Gasteiger partial charge is 0.260 e. The second-order valence-electron chi connectivity index (χ2n) is 4.37. The molecule has 0 spiro atoms. The Morgan fingerprint density at radius 3 is 2.43 bits per heavy atom. The summed E-state index contributed by atoms with van der Waals surface area (Å²) in [5, 5.41) is 9.20. The van der Waals surface area contributed by atoms with Gasteiger partial charge in [0, 0.05) is 17.5 Å². The van der Waals surface area contributed by atoms with E-state index in [4.69, 9.17) is 0 Å².